The van der Waals surface area contributed by atoms with Gasteiger partial charge in [0, 0.05) is 74.4 Å². The van der Waals surface area contributed by atoms with Gasteiger partial charge in [-0.25, -0.2) is 9.78 Å². The van der Waals surface area contributed by atoms with E-state index in [4.69, 9.17) is 19.2 Å². The number of benzene rings is 2. The molecule has 0 spiro atoms. The minimum Gasteiger partial charge on any atom is -0.471 e. The minimum atomic E-state index is -4.56. The third kappa shape index (κ3) is 10.1. The number of rotatable bonds is 9. The Morgan fingerprint density at radius 3 is 2.26 bits per heavy atom. The van der Waals surface area contributed by atoms with E-state index < -0.39 is 23.2 Å². The molecule has 0 unspecified atom stereocenters. The number of aromatic nitrogens is 2. The van der Waals surface area contributed by atoms with Gasteiger partial charge in [0.15, 0.2) is 0 Å². The van der Waals surface area contributed by atoms with E-state index in [0.29, 0.717) is 68.8 Å². The summed E-state index contributed by atoms with van der Waals surface area (Å²) in [4.78, 5) is 40.8. The Bertz CT molecular complexity index is 1940. The summed E-state index contributed by atoms with van der Waals surface area (Å²) in [5, 5.41) is 2.68. The Labute approximate surface area is 313 Å². The molecule has 0 atom stereocenters. The van der Waals surface area contributed by atoms with Crippen LogP contribution in [0.15, 0.2) is 73.1 Å². The number of halogens is 3. The normalized spacial score (nSPS) is 15.5. The first-order chi connectivity index (χ1) is 25.7. The number of hydrogen-bond donors (Lipinski definition) is 1. The molecule has 2 aromatic heterocycles. The Morgan fingerprint density at radius 1 is 0.870 bits per heavy atom. The predicted molar refractivity (Wildman–Crippen MR) is 198 cm³/mol. The predicted octanol–water partition coefficient (Wildman–Crippen LogP) is 7.19. The maximum atomic E-state index is 13.2. The fraction of sp³-hybridized carbons (Fsp3) is 0.400. The van der Waals surface area contributed by atoms with Gasteiger partial charge in [-0.2, -0.15) is 13.2 Å². The highest BCUT2D eigenvalue weighted by Crippen LogP contribution is 2.35. The minimum absolute atomic E-state index is 0.116. The molecule has 0 saturated carbocycles. The highest BCUT2D eigenvalue weighted by Gasteiger charge is 2.31. The average Bonchev–Trinajstić information content (AvgIpc) is 3.15. The maximum Gasteiger partial charge on any atom is 0.416 e. The van der Waals surface area contributed by atoms with Gasteiger partial charge in [0.1, 0.15) is 17.9 Å². The molecular formula is C40H45F3N6O5. The number of anilines is 2. The average molecular weight is 747 g/mol. The summed E-state index contributed by atoms with van der Waals surface area (Å²) in [6.07, 6.45) is -1.68. The Hall–Kier alpha value is -5.21. The van der Waals surface area contributed by atoms with Crippen LogP contribution in [-0.4, -0.2) is 89.9 Å². The SMILES string of the molecule is Cc1ncc(NC(=O)c2cccc(C(F)(F)F)c2)cc1-c1cnc(OCc2ccc(CN3CCN(C(=O)OC(C)(C)C)CC3)cc2)c(N2CCOCC2)c1. The second kappa shape index (κ2) is 16.4. The van der Waals surface area contributed by atoms with Crippen LogP contribution in [0.25, 0.3) is 11.1 Å². The molecular weight excluding hydrogens is 701 g/mol. The summed E-state index contributed by atoms with van der Waals surface area (Å²) in [5.74, 6) is -0.216. The lowest BCUT2D eigenvalue weighted by molar-refractivity contribution is -0.137. The monoisotopic (exact) mass is 746 g/mol. The molecule has 6 rings (SSSR count). The zero-order chi connectivity index (χ0) is 38.5. The molecule has 2 amide bonds. The summed E-state index contributed by atoms with van der Waals surface area (Å²) in [6, 6.07) is 16.3. The van der Waals surface area contributed by atoms with E-state index >= 15 is 0 Å². The first kappa shape index (κ1) is 38.5. The number of carbonyl (C=O) groups excluding carboxylic acids is 2. The highest BCUT2D eigenvalue weighted by molar-refractivity contribution is 6.04. The van der Waals surface area contributed by atoms with Crippen molar-refractivity contribution in [3.05, 3.63) is 101 Å². The largest absolute Gasteiger partial charge is 0.471 e. The molecule has 54 heavy (non-hydrogen) atoms. The van der Waals surface area contributed by atoms with Crippen molar-refractivity contribution in [2.24, 2.45) is 0 Å². The summed E-state index contributed by atoms with van der Waals surface area (Å²) in [6.45, 7) is 13.7. The van der Waals surface area contributed by atoms with Gasteiger partial charge < -0.3 is 29.3 Å². The molecule has 0 bridgehead atoms. The third-order valence-electron chi connectivity index (χ3n) is 9.12. The lowest BCUT2D eigenvalue weighted by Crippen LogP contribution is -2.49. The molecule has 0 aliphatic carbocycles. The van der Waals surface area contributed by atoms with Crippen LogP contribution in [-0.2, 0) is 28.8 Å². The van der Waals surface area contributed by atoms with Gasteiger partial charge in [-0.1, -0.05) is 30.3 Å². The first-order valence-electron chi connectivity index (χ1n) is 17.9. The second-order valence-corrected chi connectivity index (χ2v) is 14.4. The molecule has 4 aromatic rings. The van der Waals surface area contributed by atoms with Crippen molar-refractivity contribution in [3.63, 3.8) is 0 Å². The molecule has 11 nitrogen and oxygen atoms in total. The summed E-state index contributed by atoms with van der Waals surface area (Å²) >= 11 is 0. The van der Waals surface area contributed by atoms with E-state index in [9.17, 15) is 22.8 Å². The fourth-order valence-electron chi connectivity index (χ4n) is 6.23. The van der Waals surface area contributed by atoms with E-state index in [1.54, 1.807) is 17.2 Å². The van der Waals surface area contributed by atoms with Gasteiger partial charge in [-0.3, -0.25) is 14.7 Å². The Kier molecular flexibility index (Phi) is 11.7. The van der Waals surface area contributed by atoms with Crippen molar-refractivity contribution < 1.29 is 37.0 Å². The van der Waals surface area contributed by atoms with Crippen molar-refractivity contribution >= 4 is 23.4 Å². The van der Waals surface area contributed by atoms with Crippen LogP contribution in [0.3, 0.4) is 0 Å². The number of ether oxygens (including phenoxy) is 3. The molecule has 1 N–H and O–H groups in total. The van der Waals surface area contributed by atoms with E-state index in [-0.39, 0.29) is 11.7 Å². The lowest BCUT2D eigenvalue weighted by Gasteiger charge is -2.35. The van der Waals surface area contributed by atoms with Crippen LogP contribution in [0.4, 0.5) is 29.3 Å². The molecule has 2 aliphatic rings. The summed E-state index contributed by atoms with van der Waals surface area (Å²) in [7, 11) is 0. The number of amides is 2. The summed E-state index contributed by atoms with van der Waals surface area (Å²) in [5.41, 5.74) is 3.85. The number of piperazine rings is 1. The standard InChI is InChI=1S/C40H45F3N6O5/c1-27-34(22-33(24-44-27)46-36(50)30-6-5-7-32(20-30)40(41,42)43)31-21-35(48-16-18-52-19-17-48)37(45-23-31)53-26-29-10-8-28(9-11-29)25-47-12-14-49(15-13-47)38(51)54-39(2,3)4/h5-11,20-24H,12-19,25-26H2,1-4H3,(H,46,50). The number of pyridine rings is 2. The molecule has 2 saturated heterocycles. The lowest BCUT2D eigenvalue weighted by atomic mass is 10.0. The number of nitrogens with zero attached hydrogens (tertiary/aromatic N) is 5. The van der Waals surface area contributed by atoms with E-state index in [1.165, 1.54) is 18.3 Å². The number of hydrogen-bond acceptors (Lipinski definition) is 9. The quantitative estimate of drug-likeness (QED) is 0.190. The number of nitrogens with one attached hydrogen (secondary N) is 1. The molecule has 2 aliphatic heterocycles. The maximum absolute atomic E-state index is 13.2. The van der Waals surface area contributed by atoms with Crippen LogP contribution < -0.4 is 15.0 Å². The Balaban J connectivity index is 1.12. The summed E-state index contributed by atoms with van der Waals surface area (Å²) < 4.78 is 57.1. The van der Waals surface area contributed by atoms with Gasteiger partial charge in [0.25, 0.3) is 5.91 Å². The van der Waals surface area contributed by atoms with Crippen molar-refractivity contribution in [2.45, 2.75) is 52.6 Å². The molecule has 14 heteroatoms. The van der Waals surface area contributed by atoms with Gasteiger partial charge in [0.2, 0.25) is 5.88 Å². The Morgan fingerprint density at radius 2 is 1.57 bits per heavy atom. The number of alkyl halides is 3. The smallest absolute Gasteiger partial charge is 0.416 e. The molecule has 2 aromatic carbocycles. The van der Waals surface area contributed by atoms with Gasteiger partial charge >= 0.3 is 12.3 Å². The van der Waals surface area contributed by atoms with Gasteiger partial charge in [-0.15, -0.1) is 0 Å². The fourth-order valence-corrected chi connectivity index (χ4v) is 6.23. The van der Waals surface area contributed by atoms with Crippen molar-refractivity contribution in [2.75, 3.05) is 62.7 Å². The number of carbonyl (C=O) groups is 2. The van der Waals surface area contributed by atoms with Crippen LogP contribution in [0.5, 0.6) is 5.88 Å². The first-order valence-corrected chi connectivity index (χ1v) is 17.9. The van der Waals surface area contributed by atoms with Gasteiger partial charge in [-0.05, 0) is 69.2 Å². The van der Waals surface area contributed by atoms with Crippen molar-refractivity contribution in [1.29, 1.82) is 0 Å². The topological polar surface area (TPSA) is 109 Å². The molecule has 2 fully saturated rings. The van der Waals surface area contributed by atoms with Crippen molar-refractivity contribution in [3.8, 4) is 17.0 Å². The van der Waals surface area contributed by atoms with E-state index in [2.05, 4.69) is 32.2 Å². The number of morpholine rings is 1. The highest BCUT2D eigenvalue weighted by atomic mass is 19.4. The van der Waals surface area contributed by atoms with Crippen molar-refractivity contribution in [1.82, 2.24) is 19.8 Å². The molecule has 4 heterocycles. The van der Waals surface area contributed by atoms with Crippen LogP contribution in [0, 0.1) is 6.92 Å². The zero-order valence-corrected chi connectivity index (χ0v) is 30.9. The third-order valence-corrected chi connectivity index (χ3v) is 9.12. The van der Waals surface area contributed by atoms with Crippen LogP contribution >= 0.6 is 0 Å². The molecule has 0 radical (unpaired) electrons. The zero-order valence-electron chi connectivity index (χ0n) is 30.9. The molecule has 286 valence electrons. The van der Waals surface area contributed by atoms with Crippen LogP contribution in [0.1, 0.15) is 53.5 Å². The van der Waals surface area contributed by atoms with E-state index in [0.717, 1.165) is 54.1 Å². The van der Waals surface area contributed by atoms with Crippen LogP contribution in [0.2, 0.25) is 0 Å². The second-order valence-electron chi connectivity index (χ2n) is 14.4. The van der Waals surface area contributed by atoms with E-state index in [1.807, 2.05) is 45.9 Å². The number of aryl methyl sites for hydroxylation is 1. The van der Waals surface area contributed by atoms with Gasteiger partial charge in [0.05, 0.1) is 30.7 Å².